The van der Waals surface area contributed by atoms with Crippen molar-refractivity contribution in [3.05, 3.63) is 0 Å². The van der Waals surface area contributed by atoms with Crippen molar-refractivity contribution in [1.82, 2.24) is 10.6 Å². The third-order valence-corrected chi connectivity index (χ3v) is 2.48. The normalized spacial score (nSPS) is 25.9. The fourth-order valence-corrected chi connectivity index (χ4v) is 1.55. The van der Waals surface area contributed by atoms with Gasteiger partial charge in [-0.15, -0.1) is 0 Å². The predicted octanol–water partition coefficient (Wildman–Crippen LogP) is -0.253. The Morgan fingerprint density at radius 3 is 2.85 bits per heavy atom. The van der Waals surface area contributed by atoms with Gasteiger partial charge in [-0.25, -0.2) is 0 Å². The summed E-state index contributed by atoms with van der Waals surface area (Å²) in [5, 5.41) is 6.20. The minimum atomic E-state index is -0.0377. The van der Waals surface area contributed by atoms with Crippen LogP contribution in [0.5, 0.6) is 0 Å². The summed E-state index contributed by atoms with van der Waals surface area (Å²) in [6.45, 7) is 6.23. The lowest BCUT2D eigenvalue weighted by atomic mass is 9.88. The summed E-state index contributed by atoms with van der Waals surface area (Å²) >= 11 is 0. The van der Waals surface area contributed by atoms with E-state index < -0.39 is 0 Å². The monoisotopic (exact) mass is 186 g/mol. The molecule has 76 valence electrons. The van der Waals surface area contributed by atoms with E-state index in [0.717, 1.165) is 13.1 Å². The molecule has 1 aliphatic rings. The largest absolute Gasteiger partial charge is 0.375 e. The molecule has 1 amide bonds. The van der Waals surface area contributed by atoms with Crippen LogP contribution in [0.4, 0.5) is 0 Å². The van der Waals surface area contributed by atoms with E-state index >= 15 is 0 Å². The van der Waals surface area contributed by atoms with Crippen molar-refractivity contribution in [3.8, 4) is 0 Å². The minimum Gasteiger partial charge on any atom is -0.375 e. The van der Waals surface area contributed by atoms with Crippen molar-refractivity contribution in [1.29, 1.82) is 0 Å². The van der Waals surface area contributed by atoms with Crippen LogP contribution in [0.1, 0.15) is 13.8 Å². The topological polar surface area (TPSA) is 50.4 Å². The lowest BCUT2D eigenvalue weighted by molar-refractivity contribution is -0.125. The van der Waals surface area contributed by atoms with Crippen LogP contribution in [-0.4, -0.2) is 38.8 Å². The molecular formula is C9H18N2O2. The standard InChI is InChI=1S/C9H18N2O2/c1-9(2)6-10-4-7(9)11-8(12)5-13-3/h7,10H,4-6H2,1-3H3,(H,11,12). The van der Waals surface area contributed by atoms with Crippen molar-refractivity contribution in [3.63, 3.8) is 0 Å². The molecular weight excluding hydrogens is 168 g/mol. The van der Waals surface area contributed by atoms with Gasteiger partial charge in [0.1, 0.15) is 6.61 Å². The molecule has 1 aliphatic heterocycles. The van der Waals surface area contributed by atoms with Gasteiger partial charge in [0, 0.05) is 26.2 Å². The molecule has 0 radical (unpaired) electrons. The fourth-order valence-electron chi connectivity index (χ4n) is 1.55. The molecule has 0 aromatic carbocycles. The molecule has 4 nitrogen and oxygen atoms in total. The summed E-state index contributed by atoms with van der Waals surface area (Å²) < 4.78 is 4.75. The van der Waals surface area contributed by atoms with Crippen LogP contribution >= 0.6 is 0 Å². The Bertz CT molecular complexity index is 192. The summed E-state index contributed by atoms with van der Waals surface area (Å²) in [6.07, 6.45) is 0. The molecule has 13 heavy (non-hydrogen) atoms. The van der Waals surface area contributed by atoms with E-state index in [1.54, 1.807) is 0 Å². The van der Waals surface area contributed by atoms with Crippen molar-refractivity contribution in [2.75, 3.05) is 26.8 Å². The quantitative estimate of drug-likeness (QED) is 0.639. The molecule has 1 atom stereocenters. The molecule has 2 N–H and O–H groups in total. The van der Waals surface area contributed by atoms with Gasteiger partial charge in [0.2, 0.25) is 5.91 Å². The third-order valence-electron chi connectivity index (χ3n) is 2.48. The van der Waals surface area contributed by atoms with E-state index in [9.17, 15) is 4.79 Å². The van der Waals surface area contributed by atoms with Crippen molar-refractivity contribution < 1.29 is 9.53 Å². The van der Waals surface area contributed by atoms with Crippen LogP contribution in [0, 0.1) is 5.41 Å². The molecule has 0 aromatic heterocycles. The maximum Gasteiger partial charge on any atom is 0.246 e. The van der Waals surface area contributed by atoms with Crippen LogP contribution in [-0.2, 0) is 9.53 Å². The highest BCUT2D eigenvalue weighted by atomic mass is 16.5. The van der Waals surface area contributed by atoms with E-state index in [0.29, 0.717) is 0 Å². The maximum absolute atomic E-state index is 11.2. The fraction of sp³-hybridized carbons (Fsp3) is 0.889. The molecule has 1 unspecified atom stereocenters. The number of amides is 1. The van der Waals surface area contributed by atoms with E-state index in [2.05, 4.69) is 24.5 Å². The Morgan fingerprint density at radius 2 is 2.38 bits per heavy atom. The van der Waals surface area contributed by atoms with E-state index in [-0.39, 0.29) is 24.0 Å². The molecule has 1 rings (SSSR count). The summed E-state index contributed by atoms with van der Waals surface area (Å²) in [4.78, 5) is 11.2. The van der Waals surface area contributed by atoms with E-state index in [1.807, 2.05) is 0 Å². The molecule has 4 heteroatoms. The molecule has 0 saturated carbocycles. The Kier molecular flexibility index (Phi) is 3.27. The molecule has 1 saturated heterocycles. The number of rotatable bonds is 3. The average molecular weight is 186 g/mol. The zero-order valence-corrected chi connectivity index (χ0v) is 8.52. The second-order valence-corrected chi connectivity index (χ2v) is 4.17. The number of nitrogens with one attached hydrogen (secondary N) is 2. The van der Waals surface area contributed by atoms with Crippen LogP contribution in [0.2, 0.25) is 0 Å². The van der Waals surface area contributed by atoms with Gasteiger partial charge >= 0.3 is 0 Å². The molecule has 0 spiro atoms. The van der Waals surface area contributed by atoms with Crippen molar-refractivity contribution in [2.24, 2.45) is 5.41 Å². The molecule has 0 aliphatic carbocycles. The number of hydrogen-bond acceptors (Lipinski definition) is 3. The summed E-state index contributed by atoms with van der Waals surface area (Å²) in [5.74, 6) is -0.0377. The predicted molar refractivity (Wildman–Crippen MR) is 50.5 cm³/mol. The lowest BCUT2D eigenvalue weighted by Gasteiger charge is -2.26. The zero-order chi connectivity index (χ0) is 9.90. The molecule has 1 heterocycles. The van der Waals surface area contributed by atoms with Crippen LogP contribution in [0.15, 0.2) is 0 Å². The van der Waals surface area contributed by atoms with Gasteiger partial charge in [-0.2, -0.15) is 0 Å². The number of carbonyl (C=O) groups excluding carboxylic acids is 1. The van der Waals surface area contributed by atoms with Crippen molar-refractivity contribution in [2.45, 2.75) is 19.9 Å². The van der Waals surface area contributed by atoms with Crippen LogP contribution in [0.25, 0.3) is 0 Å². The van der Waals surface area contributed by atoms with Crippen LogP contribution < -0.4 is 10.6 Å². The minimum absolute atomic E-state index is 0.0377. The van der Waals surface area contributed by atoms with E-state index in [1.165, 1.54) is 7.11 Å². The molecule has 0 bridgehead atoms. The number of methoxy groups -OCH3 is 1. The SMILES string of the molecule is COCC(=O)NC1CNCC1(C)C. The third kappa shape index (κ3) is 2.67. The lowest BCUT2D eigenvalue weighted by Crippen LogP contribution is -2.45. The maximum atomic E-state index is 11.2. The Hall–Kier alpha value is -0.610. The zero-order valence-electron chi connectivity index (χ0n) is 8.52. The Morgan fingerprint density at radius 1 is 1.69 bits per heavy atom. The van der Waals surface area contributed by atoms with Gasteiger partial charge in [0.05, 0.1) is 0 Å². The highest BCUT2D eigenvalue weighted by molar-refractivity contribution is 5.77. The first kappa shape index (κ1) is 10.5. The average Bonchev–Trinajstić information content (AvgIpc) is 2.31. The first-order chi connectivity index (χ1) is 6.06. The summed E-state index contributed by atoms with van der Waals surface area (Å²) in [6, 6.07) is 0.218. The first-order valence-electron chi connectivity index (χ1n) is 4.55. The van der Waals surface area contributed by atoms with Crippen LogP contribution in [0.3, 0.4) is 0 Å². The second-order valence-electron chi connectivity index (χ2n) is 4.17. The van der Waals surface area contributed by atoms with Gasteiger partial charge in [-0.05, 0) is 5.41 Å². The Labute approximate surface area is 79.0 Å². The van der Waals surface area contributed by atoms with Gasteiger partial charge in [-0.1, -0.05) is 13.8 Å². The summed E-state index contributed by atoms with van der Waals surface area (Å²) in [5.41, 5.74) is 0.142. The number of carbonyl (C=O) groups is 1. The van der Waals surface area contributed by atoms with Gasteiger partial charge in [0.15, 0.2) is 0 Å². The highest BCUT2D eigenvalue weighted by Crippen LogP contribution is 2.23. The first-order valence-corrected chi connectivity index (χ1v) is 4.55. The van der Waals surface area contributed by atoms with E-state index in [4.69, 9.17) is 4.74 Å². The van der Waals surface area contributed by atoms with Crippen molar-refractivity contribution >= 4 is 5.91 Å². The van der Waals surface area contributed by atoms with Gasteiger partial charge < -0.3 is 15.4 Å². The molecule has 0 aromatic rings. The summed E-state index contributed by atoms with van der Waals surface area (Å²) in [7, 11) is 1.53. The molecule has 1 fully saturated rings. The van der Waals surface area contributed by atoms with Gasteiger partial charge in [0.25, 0.3) is 0 Å². The number of hydrogen-bond donors (Lipinski definition) is 2. The smallest absolute Gasteiger partial charge is 0.246 e. The number of ether oxygens (including phenoxy) is 1. The highest BCUT2D eigenvalue weighted by Gasteiger charge is 2.35. The second kappa shape index (κ2) is 4.07. The van der Waals surface area contributed by atoms with Gasteiger partial charge in [-0.3, -0.25) is 4.79 Å². The Balaban J connectivity index is 2.40.